The van der Waals surface area contributed by atoms with E-state index in [9.17, 15) is 9.59 Å². The van der Waals surface area contributed by atoms with Crippen LogP contribution in [0.25, 0.3) is 0 Å². The summed E-state index contributed by atoms with van der Waals surface area (Å²) in [4.78, 5) is 30.3. The van der Waals surface area contributed by atoms with Crippen LogP contribution >= 0.6 is 0 Å². The Morgan fingerprint density at radius 3 is 2.28 bits per heavy atom. The van der Waals surface area contributed by atoms with Crippen molar-refractivity contribution >= 4 is 23.2 Å². The Hall–Kier alpha value is -4.26. The quantitative estimate of drug-likeness (QED) is 0.302. The Morgan fingerprint density at radius 1 is 0.889 bits per heavy atom. The lowest BCUT2D eigenvalue weighted by Gasteiger charge is -2.29. The van der Waals surface area contributed by atoms with E-state index >= 15 is 0 Å². The van der Waals surface area contributed by atoms with Crippen molar-refractivity contribution in [1.82, 2.24) is 4.90 Å². The van der Waals surface area contributed by atoms with Crippen molar-refractivity contribution in [3.63, 3.8) is 0 Å². The standard InChI is InChI=1S/C29H31N3O4/c1-4-25(21-10-6-5-7-11-21)29(34)32(20-24-12-8-16-35-24)19-22-18-23(14-15-26(22)31(2)3)30-28(33)27-13-9-17-36-27/h5-18,25H,4,19-20H2,1-3H3,(H,30,33). The molecule has 1 atom stereocenters. The minimum absolute atomic E-state index is 0.0230. The van der Waals surface area contributed by atoms with E-state index in [1.807, 2.05) is 91.5 Å². The monoisotopic (exact) mass is 485 g/mol. The molecule has 4 aromatic rings. The van der Waals surface area contributed by atoms with Crippen molar-refractivity contribution in [3.05, 3.63) is 108 Å². The van der Waals surface area contributed by atoms with Crippen molar-refractivity contribution < 1.29 is 18.4 Å². The number of rotatable bonds is 10. The number of benzene rings is 2. The van der Waals surface area contributed by atoms with Crippen molar-refractivity contribution in [2.24, 2.45) is 0 Å². The van der Waals surface area contributed by atoms with Gasteiger partial charge in [-0.05, 0) is 60.0 Å². The predicted octanol–water partition coefficient (Wildman–Crippen LogP) is 5.91. The van der Waals surface area contributed by atoms with Crippen LogP contribution in [0.3, 0.4) is 0 Å². The second-order valence-electron chi connectivity index (χ2n) is 8.81. The van der Waals surface area contributed by atoms with Gasteiger partial charge in [-0.15, -0.1) is 0 Å². The highest BCUT2D eigenvalue weighted by Crippen LogP contribution is 2.29. The van der Waals surface area contributed by atoms with Crippen LogP contribution in [0.4, 0.5) is 11.4 Å². The Balaban J connectivity index is 1.65. The summed E-state index contributed by atoms with van der Waals surface area (Å²) >= 11 is 0. The van der Waals surface area contributed by atoms with Crippen LogP contribution in [-0.4, -0.2) is 30.8 Å². The molecule has 36 heavy (non-hydrogen) atoms. The second kappa shape index (κ2) is 11.4. The molecule has 0 radical (unpaired) electrons. The van der Waals surface area contributed by atoms with E-state index in [1.165, 1.54) is 6.26 Å². The van der Waals surface area contributed by atoms with Gasteiger partial charge in [0.1, 0.15) is 5.76 Å². The van der Waals surface area contributed by atoms with Gasteiger partial charge in [-0.1, -0.05) is 37.3 Å². The Kier molecular flexibility index (Phi) is 7.90. The van der Waals surface area contributed by atoms with Gasteiger partial charge in [-0.25, -0.2) is 0 Å². The first-order valence-corrected chi connectivity index (χ1v) is 12.0. The summed E-state index contributed by atoms with van der Waals surface area (Å²) in [6, 6.07) is 22.5. The highest BCUT2D eigenvalue weighted by molar-refractivity contribution is 6.02. The molecule has 0 saturated carbocycles. The molecule has 7 nitrogen and oxygen atoms in total. The first-order valence-electron chi connectivity index (χ1n) is 12.0. The summed E-state index contributed by atoms with van der Waals surface area (Å²) in [7, 11) is 3.91. The molecule has 0 aliphatic heterocycles. The van der Waals surface area contributed by atoms with Gasteiger partial charge in [-0.2, -0.15) is 0 Å². The molecule has 0 aliphatic rings. The molecule has 2 aromatic heterocycles. The minimum atomic E-state index is -0.331. The summed E-state index contributed by atoms with van der Waals surface area (Å²) in [6.45, 7) is 2.71. The lowest BCUT2D eigenvalue weighted by Crippen LogP contribution is -2.34. The van der Waals surface area contributed by atoms with Gasteiger partial charge >= 0.3 is 0 Å². The molecular formula is C29H31N3O4. The average Bonchev–Trinajstić information content (AvgIpc) is 3.59. The SMILES string of the molecule is CCC(C(=O)N(Cc1ccco1)Cc1cc(NC(=O)c2ccco2)ccc1N(C)C)c1ccccc1. The second-order valence-corrected chi connectivity index (χ2v) is 8.81. The number of hydrogen-bond donors (Lipinski definition) is 1. The molecule has 0 spiro atoms. The molecular weight excluding hydrogens is 454 g/mol. The van der Waals surface area contributed by atoms with Crippen LogP contribution in [0.2, 0.25) is 0 Å². The number of hydrogen-bond acceptors (Lipinski definition) is 5. The molecule has 0 saturated heterocycles. The number of carbonyl (C=O) groups excluding carboxylic acids is 2. The first kappa shape index (κ1) is 24.9. The Morgan fingerprint density at radius 2 is 1.64 bits per heavy atom. The fourth-order valence-electron chi connectivity index (χ4n) is 4.29. The number of anilines is 2. The highest BCUT2D eigenvalue weighted by Gasteiger charge is 2.26. The number of amides is 2. The van der Waals surface area contributed by atoms with Crippen LogP contribution in [-0.2, 0) is 17.9 Å². The molecule has 0 bridgehead atoms. The maximum Gasteiger partial charge on any atom is 0.291 e. The van der Waals surface area contributed by atoms with E-state index in [-0.39, 0.29) is 23.5 Å². The summed E-state index contributed by atoms with van der Waals surface area (Å²) in [6.07, 6.45) is 3.75. The third-order valence-electron chi connectivity index (χ3n) is 6.07. The van der Waals surface area contributed by atoms with E-state index in [4.69, 9.17) is 8.83 Å². The first-order chi connectivity index (χ1) is 17.5. The zero-order valence-electron chi connectivity index (χ0n) is 20.8. The van der Waals surface area contributed by atoms with E-state index < -0.39 is 0 Å². The summed E-state index contributed by atoms with van der Waals surface area (Å²) in [5, 5.41) is 2.89. The Labute approximate surface area is 211 Å². The zero-order chi connectivity index (χ0) is 25.5. The van der Waals surface area contributed by atoms with Crippen LogP contribution in [0.5, 0.6) is 0 Å². The number of nitrogens with one attached hydrogen (secondary N) is 1. The third-order valence-corrected chi connectivity index (χ3v) is 6.07. The summed E-state index contributed by atoms with van der Waals surface area (Å²) in [5.41, 5.74) is 3.47. The maximum atomic E-state index is 13.9. The van der Waals surface area contributed by atoms with Crippen molar-refractivity contribution in [1.29, 1.82) is 0 Å². The van der Waals surface area contributed by atoms with E-state index in [1.54, 1.807) is 18.4 Å². The fraction of sp³-hybridized carbons (Fsp3) is 0.241. The molecule has 2 heterocycles. The lowest BCUT2D eigenvalue weighted by molar-refractivity contribution is -0.134. The topological polar surface area (TPSA) is 78.9 Å². The molecule has 2 aromatic carbocycles. The van der Waals surface area contributed by atoms with Gasteiger partial charge in [-0.3, -0.25) is 9.59 Å². The van der Waals surface area contributed by atoms with Crippen LogP contribution in [0.15, 0.2) is 94.2 Å². The largest absolute Gasteiger partial charge is 0.467 e. The summed E-state index contributed by atoms with van der Waals surface area (Å²) < 4.78 is 10.8. The van der Waals surface area contributed by atoms with Gasteiger partial charge in [0, 0.05) is 32.0 Å². The van der Waals surface area contributed by atoms with Crippen molar-refractivity contribution in [3.8, 4) is 0 Å². The molecule has 0 fully saturated rings. The minimum Gasteiger partial charge on any atom is -0.467 e. The number of nitrogens with zero attached hydrogens (tertiary/aromatic N) is 2. The normalized spacial score (nSPS) is 11.6. The van der Waals surface area contributed by atoms with Crippen molar-refractivity contribution in [2.75, 3.05) is 24.3 Å². The van der Waals surface area contributed by atoms with Gasteiger partial charge in [0.2, 0.25) is 5.91 Å². The van der Waals surface area contributed by atoms with Crippen molar-refractivity contribution in [2.45, 2.75) is 32.4 Å². The maximum absolute atomic E-state index is 13.9. The third kappa shape index (κ3) is 5.86. The van der Waals surface area contributed by atoms with E-state index in [0.29, 0.717) is 31.0 Å². The van der Waals surface area contributed by atoms with Gasteiger partial charge < -0.3 is 24.0 Å². The average molecular weight is 486 g/mol. The lowest BCUT2D eigenvalue weighted by atomic mass is 9.94. The predicted molar refractivity (Wildman–Crippen MR) is 140 cm³/mol. The van der Waals surface area contributed by atoms with E-state index in [2.05, 4.69) is 5.32 Å². The van der Waals surface area contributed by atoms with Crippen LogP contribution in [0.1, 0.15) is 46.7 Å². The molecule has 186 valence electrons. The molecule has 0 aliphatic carbocycles. The number of furan rings is 2. The van der Waals surface area contributed by atoms with Gasteiger partial charge in [0.05, 0.1) is 25.0 Å². The molecule has 1 unspecified atom stereocenters. The Bertz CT molecular complexity index is 1270. The highest BCUT2D eigenvalue weighted by atomic mass is 16.3. The van der Waals surface area contributed by atoms with E-state index in [0.717, 1.165) is 16.8 Å². The smallest absolute Gasteiger partial charge is 0.291 e. The summed E-state index contributed by atoms with van der Waals surface area (Å²) in [5.74, 6) is 0.360. The van der Waals surface area contributed by atoms with Gasteiger partial charge in [0.15, 0.2) is 5.76 Å². The van der Waals surface area contributed by atoms with Gasteiger partial charge in [0.25, 0.3) is 5.91 Å². The molecule has 7 heteroatoms. The number of carbonyl (C=O) groups is 2. The molecule has 4 rings (SSSR count). The molecule has 2 amide bonds. The van der Waals surface area contributed by atoms with Crippen LogP contribution in [0, 0.1) is 0 Å². The molecule has 1 N–H and O–H groups in total. The zero-order valence-corrected chi connectivity index (χ0v) is 20.8. The van der Waals surface area contributed by atoms with Crippen LogP contribution < -0.4 is 10.2 Å². The fourth-order valence-corrected chi connectivity index (χ4v) is 4.29.